The molecule has 0 bridgehead atoms. The largest absolute Gasteiger partial charge is 0.132 e. The first-order valence-electron chi connectivity index (χ1n) is 4.74. The fourth-order valence-electron chi connectivity index (χ4n) is 1.85. The van der Waals surface area contributed by atoms with Crippen molar-refractivity contribution in [2.75, 3.05) is 0 Å². The Hall–Kier alpha value is 0.660. The van der Waals surface area contributed by atoms with Gasteiger partial charge in [0.25, 0.3) is 0 Å². The quantitative estimate of drug-likeness (QED) is 0.635. The minimum absolute atomic E-state index is 1.26. The Kier molecular flexibility index (Phi) is 3.49. The van der Waals surface area contributed by atoms with Crippen molar-refractivity contribution in [2.24, 2.45) is 0 Å². The molecule has 0 saturated carbocycles. The lowest BCUT2D eigenvalue weighted by Gasteiger charge is -2.08. The van der Waals surface area contributed by atoms with E-state index < -0.39 is 0 Å². The van der Waals surface area contributed by atoms with Crippen molar-refractivity contribution in [2.45, 2.75) is 38.5 Å². The standard InChI is InChI=1S/C10H12Br2S/c11-9-7-5-3-1-2-4-6-8(7)13-10(9)12/h1-6H2. The van der Waals surface area contributed by atoms with Crippen LogP contribution < -0.4 is 0 Å². The monoisotopic (exact) mass is 322 g/mol. The van der Waals surface area contributed by atoms with Crippen LogP contribution in [0.3, 0.4) is 0 Å². The molecule has 2 rings (SSSR count). The third-order valence-electron chi connectivity index (χ3n) is 2.57. The van der Waals surface area contributed by atoms with Crippen LogP contribution in [0.2, 0.25) is 0 Å². The molecule has 1 heterocycles. The van der Waals surface area contributed by atoms with E-state index in [0.29, 0.717) is 0 Å². The van der Waals surface area contributed by atoms with Crippen LogP contribution in [0.1, 0.15) is 36.1 Å². The maximum Gasteiger partial charge on any atom is 0.0846 e. The minimum Gasteiger partial charge on any atom is -0.132 e. The van der Waals surface area contributed by atoms with Crippen LogP contribution >= 0.6 is 43.2 Å². The lowest BCUT2D eigenvalue weighted by molar-refractivity contribution is 0.621. The molecule has 0 radical (unpaired) electrons. The number of halogens is 2. The summed E-state index contributed by atoms with van der Waals surface area (Å²) in [5.41, 5.74) is 1.57. The molecule has 0 amide bonds. The minimum atomic E-state index is 1.26. The highest BCUT2D eigenvalue weighted by Crippen LogP contribution is 2.39. The average Bonchev–Trinajstić information content (AvgIpc) is 2.31. The first-order valence-corrected chi connectivity index (χ1v) is 7.15. The van der Waals surface area contributed by atoms with E-state index in [9.17, 15) is 0 Å². The zero-order valence-corrected chi connectivity index (χ0v) is 11.4. The molecule has 1 aliphatic carbocycles. The molecule has 1 aliphatic rings. The van der Waals surface area contributed by atoms with Gasteiger partial charge in [-0.1, -0.05) is 12.8 Å². The normalized spacial score (nSPS) is 17.7. The molecule has 0 saturated heterocycles. The molecule has 1 aromatic heterocycles. The van der Waals surface area contributed by atoms with Gasteiger partial charge in [0.1, 0.15) is 0 Å². The molecule has 0 aromatic carbocycles. The van der Waals surface area contributed by atoms with Gasteiger partial charge in [0.05, 0.1) is 3.79 Å². The smallest absolute Gasteiger partial charge is 0.0846 e. The van der Waals surface area contributed by atoms with Gasteiger partial charge in [0.15, 0.2) is 0 Å². The van der Waals surface area contributed by atoms with Crippen molar-refractivity contribution in [3.63, 3.8) is 0 Å². The van der Waals surface area contributed by atoms with Gasteiger partial charge >= 0.3 is 0 Å². The molecule has 0 spiro atoms. The Balaban J connectivity index is 2.33. The second-order valence-electron chi connectivity index (χ2n) is 3.51. The van der Waals surface area contributed by atoms with E-state index in [1.54, 1.807) is 10.4 Å². The zero-order chi connectivity index (χ0) is 9.26. The third-order valence-corrected chi connectivity index (χ3v) is 6.20. The predicted molar refractivity (Wildman–Crippen MR) is 65.6 cm³/mol. The average molecular weight is 324 g/mol. The number of fused-ring (bicyclic) bond motifs is 1. The SMILES string of the molecule is Brc1sc2c(c1Br)CCCCCC2. The fraction of sp³-hybridized carbons (Fsp3) is 0.600. The van der Waals surface area contributed by atoms with Gasteiger partial charge in [0, 0.05) is 9.35 Å². The van der Waals surface area contributed by atoms with Crippen molar-refractivity contribution in [1.29, 1.82) is 0 Å². The van der Waals surface area contributed by atoms with Crippen molar-refractivity contribution in [1.82, 2.24) is 0 Å². The summed E-state index contributed by atoms with van der Waals surface area (Å²) >= 11 is 9.17. The summed E-state index contributed by atoms with van der Waals surface area (Å²) in [7, 11) is 0. The van der Waals surface area contributed by atoms with Crippen LogP contribution in [0.5, 0.6) is 0 Å². The fourth-order valence-corrected chi connectivity index (χ4v) is 4.49. The Labute approximate surface area is 100.0 Å². The lowest BCUT2D eigenvalue weighted by atomic mass is 10.0. The number of rotatable bonds is 0. The van der Waals surface area contributed by atoms with E-state index in [1.165, 1.54) is 46.8 Å². The molecule has 0 unspecified atom stereocenters. The van der Waals surface area contributed by atoms with Gasteiger partial charge in [-0.25, -0.2) is 0 Å². The molecular weight excluding hydrogens is 312 g/mol. The second kappa shape index (κ2) is 4.45. The number of hydrogen-bond donors (Lipinski definition) is 0. The van der Waals surface area contributed by atoms with Gasteiger partial charge in [-0.3, -0.25) is 0 Å². The van der Waals surface area contributed by atoms with Crippen LogP contribution in [-0.2, 0) is 12.8 Å². The second-order valence-corrected chi connectivity index (χ2v) is 6.72. The maximum absolute atomic E-state index is 3.66. The van der Waals surface area contributed by atoms with E-state index in [2.05, 4.69) is 31.9 Å². The van der Waals surface area contributed by atoms with Crippen molar-refractivity contribution in [3.05, 3.63) is 18.7 Å². The van der Waals surface area contributed by atoms with Crippen LogP contribution in [0.4, 0.5) is 0 Å². The van der Waals surface area contributed by atoms with Gasteiger partial charge in [-0.2, -0.15) is 0 Å². The number of aryl methyl sites for hydroxylation is 1. The molecule has 72 valence electrons. The van der Waals surface area contributed by atoms with E-state index in [4.69, 9.17) is 0 Å². The van der Waals surface area contributed by atoms with Crippen LogP contribution in [0.25, 0.3) is 0 Å². The molecule has 1 aromatic rings. The van der Waals surface area contributed by atoms with E-state index in [1.807, 2.05) is 11.3 Å². The Bertz CT molecular complexity index is 304. The summed E-state index contributed by atoms with van der Waals surface area (Å²) < 4.78 is 2.59. The molecule has 0 fully saturated rings. The number of hydrogen-bond acceptors (Lipinski definition) is 1. The van der Waals surface area contributed by atoms with Gasteiger partial charge in [0.2, 0.25) is 0 Å². The lowest BCUT2D eigenvalue weighted by Crippen LogP contribution is -1.95. The molecular formula is C10H12Br2S. The molecule has 0 aliphatic heterocycles. The van der Waals surface area contributed by atoms with Crippen LogP contribution in [0, 0.1) is 0 Å². The van der Waals surface area contributed by atoms with E-state index >= 15 is 0 Å². The Morgan fingerprint density at radius 1 is 0.923 bits per heavy atom. The number of thiophene rings is 1. The van der Waals surface area contributed by atoms with E-state index in [0.717, 1.165) is 0 Å². The molecule has 0 nitrogen and oxygen atoms in total. The van der Waals surface area contributed by atoms with Crippen molar-refractivity contribution < 1.29 is 0 Å². The first kappa shape index (κ1) is 10.2. The topological polar surface area (TPSA) is 0 Å². The van der Waals surface area contributed by atoms with Crippen molar-refractivity contribution in [3.8, 4) is 0 Å². The third kappa shape index (κ3) is 2.18. The highest BCUT2D eigenvalue weighted by Gasteiger charge is 2.15. The molecule has 3 heteroatoms. The summed E-state index contributed by atoms with van der Waals surface area (Å²) in [6, 6.07) is 0. The summed E-state index contributed by atoms with van der Waals surface area (Å²) in [5.74, 6) is 0. The molecule has 13 heavy (non-hydrogen) atoms. The van der Waals surface area contributed by atoms with Gasteiger partial charge < -0.3 is 0 Å². The summed E-state index contributed by atoms with van der Waals surface area (Å²) in [6.45, 7) is 0. The van der Waals surface area contributed by atoms with Gasteiger partial charge in [-0.05, 0) is 63.1 Å². The predicted octanol–water partition coefficient (Wildman–Crippen LogP) is 4.93. The van der Waals surface area contributed by atoms with Crippen molar-refractivity contribution >= 4 is 43.2 Å². The first-order chi connectivity index (χ1) is 6.29. The molecule has 0 atom stereocenters. The Morgan fingerprint density at radius 2 is 1.62 bits per heavy atom. The summed E-state index contributed by atoms with van der Waals surface area (Å²) in [4.78, 5) is 1.60. The van der Waals surface area contributed by atoms with Crippen LogP contribution in [0.15, 0.2) is 8.26 Å². The van der Waals surface area contributed by atoms with E-state index in [-0.39, 0.29) is 0 Å². The van der Waals surface area contributed by atoms with Crippen LogP contribution in [-0.4, -0.2) is 0 Å². The zero-order valence-electron chi connectivity index (χ0n) is 7.41. The Morgan fingerprint density at radius 3 is 2.38 bits per heavy atom. The maximum atomic E-state index is 3.66. The summed E-state index contributed by atoms with van der Waals surface area (Å²) in [5, 5.41) is 0. The van der Waals surface area contributed by atoms with Gasteiger partial charge in [-0.15, -0.1) is 11.3 Å². The highest BCUT2D eigenvalue weighted by molar-refractivity contribution is 9.13. The summed E-state index contributed by atoms with van der Waals surface area (Å²) in [6.07, 6.45) is 8.08. The highest BCUT2D eigenvalue weighted by atomic mass is 79.9. The molecule has 0 N–H and O–H groups in total.